The fourth-order valence-electron chi connectivity index (χ4n) is 1.47. The first kappa shape index (κ1) is 12.4. The molecule has 2 rings (SSSR count). The summed E-state index contributed by atoms with van der Waals surface area (Å²) in [6.45, 7) is 0.400. The first-order valence-electron chi connectivity index (χ1n) is 4.94. The highest BCUT2D eigenvalue weighted by atomic mass is 79.9. The summed E-state index contributed by atoms with van der Waals surface area (Å²) in [7, 11) is 1.58. The molecule has 0 atom stereocenters. The van der Waals surface area contributed by atoms with E-state index in [1.54, 1.807) is 19.2 Å². The maximum absolute atomic E-state index is 6.06. The molecule has 0 saturated heterocycles. The van der Waals surface area contributed by atoms with Gasteiger partial charge in [0.05, 0.1) is 17.8 Å². The van der Waals surface area contributed by atoms with Crippen LogP contribution in [0.2, 0.25) is 5.02 Å². The van der Waals surface area contributed by atoms with Crippen molar-refractivity contribution >= 4 is 27.5 Å². The molecule has 1 aromatic carbocycles. The van der Waals surface area contributed by atoms with Gasteiger partial charge in [-0.25, -0.2) is 4.98 Å². The van der Waals surface area contributed by atoms with E-state index in [0.29, 0.717) is 17.3 Å². The minimum Gasteiger partial charge on any atom is -0.495 e. The molecule has 0 aliphatic heterocycles. The van der Waals surface area contributed by atoms with Gasteiger partial charge in [0.2, 0.25) is 0 Å². The number of methoxy groups -OCH3 is 1. The van der Waals surface area contributed by atoms with Crippen molar-refractivity contribution < 1.29 is 4.74 Å². The minimum atomic E-state index is 0.400. The fraction of sp³-hybridized carbons (Fsp3) is 0.182. The predicted octanol–water partition coefficient (Wildman–Crippen LogP) is 2.96. The third kappa shape index (κ3) is 2.46. The average molecular weight is 317 g/mol. The molecule has 17 heavy (non-hydrogen) atoms. The summed E-state index contributed by atoms with van der Waals surface area (Å²) in [6.07, 6.45) is 0. The Morgan fingerprint density at radius 1 is 1.53 bits per heavy atom. The van der Waals surface area contributed by atoms with Crippen molar-refractivity contribution in [2.45, 2.75) is 6.54 Å². The molecule has 0 spiro atoms. The van der Waals surface area contributed by atoms with Crippen LogP contribution in [0.15, 0.2) is 22.8 Å². The van der Waals surface area contributed by atoms with Crippen LogP contribution in [0, 0.1) is 0 Å². The molecule has 4 nitrogen and oxygen atoms in total. The van der Waals surface area contributed by atoms with Crippen LogP contribution in [-0.2, 0) is 6.54 Å². The molecule has 0 saturated carbocycles. The molecule has 1 aromatic heterocycles. The molecular weight excluding hydrogens is 305 g/mol. The lowest BCUT2D eigenvalue weighted by Gasteiger charge is -2.04. The van der Waals surface area contributed by atoms with E-state index in [1.165, 1.54) is 0 Å². The van der Waals surface area contributed by atoms with Gasteiger partial charge in [-0.05, 0) is 34.1 Å². The van der Waals surface area contributed by atoms with E-state index < -0.39 is 0 Å². The lowest BCUT2D eigenvalue weighted by atomic mass is 10.2. The Bertz CT molecular complexity index is 542. The molecule has 0 amide bonds. The van der Waals surface area contributed by atoms with Crippen LogP contribution in [0.5, 0.6) is 5.75 Å². The van der Waals surface area contributed by atoms with E-state index in [2.05, 4.69) is 25.9 Å². The number of imidazole rings is 1. The summed E-state index contributed by atoms with van der Waals surface area (Å²) in [6, 6.07) is 5.48. The van der Waals surface area contributed by atoms with Crippen LogP contribution >= 0.6 is 27.5 Å². The second kappa shape index (κ2) is 5.08. The summed E-state index contributed by atoms with van der Waals surface area (Å²) < 4.78 is 5.82. The highest BCUT2D eigenvalue weighted by Crippen LogP contribution is 2.30. The van der Waals surface area contributed by atoms with Crippen molar-refractivity contribution in [3.63, 3.8) is 0 Å². The number of nitrogens with one attached hydrogen (secondary N) is 1. The third-order valence-electron chi connectivity index (χ3n) is 2.36. The van der Waals surface area contributed by atoms with E-state index in [9.17, 15) is 0 Å². The van der Waals surface area contributed by atoms with Crippen molar-refractivity contribution in [1.29, 1.82) is 0 Å². The highest BCUT2D eigenvalue weighted by molar-refractivity contribution is 9.10. The van der Waals surface area contributed by atoms with Crippen LogP contribution < -0.4 is 10.5 Å². The quantitative estimate of drug-likeness (QED) is 0.915. The van der Waals surface area contributed by atoms with Gasteiger partial charge in [0, 0.05) is 12.1 Å². The second-order valence-corrected chi connectivity index (χ2v) is 4.57. The molecule has 6 heteroatoms. The fourth-order valence-corrected chi connectivity index (χ4v) is 2.17. The maximum Gasteiger partial charge on any atom is 0.138 e. The number of hydrogen-bond acceptors (Lipinski definition) is 3. The Morgan fingerprint density at radius 3 is 2.82 bits per heavy atom. The van der Waals surface area contributed by atoms with Crippen LogP contribution in [0.3, 0.4) is 0 Å². The smallest absolute Gasteiger partial charge is 0.138 e. The van der Waals surface area contributed by atoms with E-state index in [4.69, 9.17) is 22.1 Å². The second-order valence-electron chi connectivity index (χ2n) is 3.41. The molecule has 0 unspecified atom stereocenters. The molecule has 0 aliphatic carbocycles. The molecule has 90 valence electrons. The molecule has 0 radical (unpaired) electrons. The summed E-state index contributed by atoms with van der Waals surface area (Å²) in [4.78, 5) is 7.46. The number of ether oxygens (including phenoxy) is 1. The van der Waals surface area contributed by atoms with Crippen molar-refractivity contribution in [3.05, 3.63) is 33.5 Å². The minimum absolute atomic E-state index is 0.400. The maximum atomic E-state index is 6.06. The molecule has 2 aromatic rings. The molecule has 0 bridgehead atoms. The van der Waals surface area contributed by atoms with Crippen molar-refractivity contribution in [2.75, 3.05) is 7.11 Å². The number of hydrogen-bond donors (Lipinski definition) is 2. The normalized spacial score (nSPS) is 10.6. The Hall–Kier alpha value is -1.04. The van der Waals surface area contributed by atoms with Gasteiger partial charge >= 0.3 is 0 Å². The van der Waals surface area contributed by atoms with Gasteiger partial charge < -0.3 is 15.5 Å². The van der Waals surface area contributed by atoms with Gasteiger partial charge in [0.25, 0.3) is 0 Å². The number of aromatic amines is 1. The predicted molar refractivity (Wildman–Crippen MR) is 71.2 cm³/mol. The van der Waals surface area contributed by atoms with Gasteiger partial charge in [-0.1, -0.05) is 11.6 Å². The van der Waals surface area contributed by atoms with E-state index in [0.717, 1.165) is 21.7 Å². The van der Waals surface area contributed by atoms with Crippen LogP contribution in [0.4, 0.5) is 0 Å². The van der Waals surface area contributed by atoms with E-state index >= 15 is 0 Å². The Kier molecular flexibility index (Phi) is 3.71. The Morgan fingerprint density at radius 2 is 2.29 bits per heavy atom. The zero-order valence-electron chi connectivity index (χ0n) is 9.13. The average Bonchev–Trinajstić information content (AvgIpc) is 2.70. The Balaban J connectivity index is 2.42. The zero-order valence-corrected chi connectivity index (χ0v) is 11.5. The topological polar surface area (TPSA) is 63.9 Å². The lowest BCUT2D eigenvalue weighted by Crippen LogP contribution is -1.96. The monoisotopic (exact) mass is 315 g/mol. The number of H-pyrrole nitrogens is 1. The third-order valence-corrected chi connectivity index (χ3v) is 3.31. The van der Waals surface area contributed by atoms with Crippen LogP contribution in [-0.4, -0.2) is 17.1 Å². The summed E-state index contributed by atoms with van der Waals surface area (Å²) >= 11 is 9.40. The number of nitrogens with two attached hydrogens (primary N) is 1. The largest absolute Gasteiger partial charge is 0.495 e. The van der Waals surface area contributed by atoms with Crippen LogP contribution in [0.1, 0.15) is 5.69 Å². The number of halogens is 2. The van der Waals surface area contributed by atoms with Gasteiger partial charge in [-0.2, -0.15) is 0 Å². The number of benzene rings is 1. The van der Waals surface area contributed by atoms with Gasteiger partial charge in [-0.3, -0.25) is 0 Å². The molecule has 0 fully saturated rings. The standard InChI is InChI=1S/C11H11BrClN3O/c1-17-9-3-2-6(4-7(9)13)11-15-8(5-14)10(12)16-11/h2-4H,5,14H2,1H3,(H,15,16). The summed E-state index contributed by atoms with van der Waals surface area (Å²) in [5, 5.41) is 0.548. The molecular formula is C11H11BrClN3O. The van der Waals surface area contributed by atoms with Crippen molar-refractivity contribution in [3.8, 4) is 17.1 Å². The first-order valence-corrected chi connectivity index (χ1v) is 6.11. The van der Waals surface area contributed by atoms with Gasteiger partial charge in [0.1, 0.15) is 16.2 Å². The lowest BCUT2D eigenvalue weighted by molar-refractivity contribution is 0.415. The number of aromatic nitrogens is 2. The molecule has 0 aliphatic rings. The van der Waals surface area contributed by atoms with Gasteiger partial charge in [-0.15, -0.1) is 0 Å². The van der Waals surface area contributed by atoms with Gasteiger partial charge in [0.15, 0.2) is 0 Å². The molecule has 1 heterocycles. The summed E-state index contributed by atoms with van der Waals surface area (Å²) in [5.74, 6) is 1.36. The first-order chi connectivity index (χ1) is 8.15. The summed E-state index contributed by atoms with van der Waals surface area (Å²) in [5.41, 5.74) is 7.31. The van der Waals surface area contributed by atoms with E-state index in [-0.39, 0.29) is 0 Å². The molecule has 3 N–H and O–H groups in total. The van der Waals surface area contributed by atoms with Crippen molar-refractivity contribution in [1.82, 2.24) is 9.97 Å². The number of nitrogens with zero attached hydrogens (tertiary/aromatic N) is 1. The van der Waals surface area contributed by atoms with E-state index in [1.807, 2.05) is 6.07 Å². The van der Waals surface area contributed by atoms with Crippen LogP contribution in [0.25, 0.3) is 11.4 Å². The highest BCUT2D eigenvalue weighted by Gasteiger charge is 2.10. The number of rotatable bonds is 3. The zero-order chi connectivity index (χ0) is 12.4. The van der Waals surface area contributed by atoms with Crippen molar-refractivity contribution in [2.24, 2.45) is 5.73 Å². The Labute approximate surface area is 112 Å². The SMILES string of the molecule is COc1ccc(-c2nc(Br)c(CN)[nH]2)cc1Cl.